The van der Waals surface area contributed by atoms with E-state index >= 15 is 0 Å². The molecule has 0 unspecified atom stereocenters. The van der Waals surface area contributed by atoms with Crippen molar-refractivity contribution < 1.29 is 23.9 Å². The van der Waals surface area contributed by atoms with Crippen LogP contribution in [0, 0.1) is 46.3 Å². The summed E-state index contributed by atoms with van der Waals surface area (Å²) in [7, 11) is 4.06. The van der Waals surface area contributed by atoms with Crippen LogP contribution in [0.4, 0.5) is 4.79 Å². The molecule has 0 radical (unpaired) electrons. The van der Waals surface area contributed by atoms with Gasteiger partial charge >= 0.3 is 6.16 Å². The van der Waals surface area contributed by atoms with Crippen molar-refractivity contribution >= 4 is 6.16 Å². The summed E-state index contributed by atoms with van der Waals surface area (Å²) < 4.78 is 11.9. The maximum Gasteiger partial charge on any atom is 0.508 e. The minimum absolute atomic E-state index is 0.0651. The van der Waals surface area contributed by atoms with E-state index in [9.17, 15) is 9.90 Å². The summed E-state index contributed by atoms with van der Waals surface area (Å²) in [6.07, 6.45) is 15.9. The van der Waals surface area contributed by atoms with Gasteiger partial charge in [0.25, 0.3) is 0 Å². The third-order valence-corrected chi connectivity index (χ3v) is 12.1. The summed E-state index contributed by atoms with van der Waals surface area (Å²) in [6.45, 7) is 14.3. The molecule has 4 aliphatic rings. The van der Waals surface area contributed by atoms with E-state index in [0.29, 0.717) is 29.6 Å². The summed E-state index contributed by atoms with van der Waals surface area (Å²) in [5.41, 5.74) is 2.34. The number of hydrogen-bond acceptors (Lipinski definition) is 4. The molecule has 0 aliphatic heterocycles. The number of nitrogens with zero attached hydrogens (tertiary/aromatic N) is 1. The van der Waals surface area contributed by atoms with Gasteiger partial charge in [-0.05, 0) is 91.3 Å². The van der Waals surface area contributed by atoms with E-state index < -0.39 is 6.16 Å². The van der Waals surface area contributed by atoms with Crippen LogP contribution in [0.2, 0.25) is 0 Å². The van der Waals surface area contributed by atoms with Crippen LogP contribution in [0.5, 0.6) is 0 Å². The maximum absolute atomic E-state index is 12.4. The lowest BCUT2D eigenvalue weighted by Gasteiger charge is -2.58. The van der Waals surface area contributed by atoms with Gasteiger partial charge in [0, 0.05) is 6.42 Å². The Morgan fingerprint density at radius 3 is 2.54 bits per heavy atom. The fraction of sp³-hybridized carbons (Fsp3) is 0.912. The molecule has 0 spiro atoms. The van der Waals surface area contributed by atoms with Crippen LogP contribution in [0.15, 0.2) is 11.6 Å². The van der Waals surface area contributed by atoms with Gasteiger partial charge in [0.15, 0.2) is 0 Å². The van der Waals surface area contributed by atoms with E-state index in [1.54, 1.807) is 5.57 Å². The lowest BCUT2D eigenvalue weighted by Crippen LogP contribution is -2.51. The first kappa shape index (κ1) is 30.9. The Kier molecular flexibility index (Phi) is 9.84. The van der Waals surface area contributed by atoms with Crippen LogP contribution < -0.4 is 0 Å². The van der Waals surface area contributed by atoms with Gasteiger partial charge < -0.3 is 19.1 Å². The lowest BCUT2D eigenvalue weighted by molar-refractivity contribution is -0.890. The lowest BCUT2D eigenvalue weighted by atomic mass is 9.47. The van der Waals surface area contributed by atoms with Crippen molar-refractivity contribution in [2.75, 3.05) is 40.4 Å². The number of aliphatic hydroxyl groups is 1. The molecule has 0 aromatic heterocycles. The van der Waals surface area contributed by atoms with E-state index in [1.165, 1.54) is 51.4 Å². The molecule has 8 atom stereocenters. The average Bonchev–Trinajstić information content (AvgIpc) is 3.21. The second-order valence-electron chi connectivity index (χ2n) is 15.5. The first-order valence-electron chi connectivity index (χ1n) is 16.4. The highest BCUT2D eigenvalue weighted by Gasteiger charge is 2.59. The molecule has 3 fully saturated rings. The van der Waals surface area contributed by atoms with Gasteiger partial charge in [0.1, 0.15) is 25.8 Å². The molecular weight excluding hydrogens is 486 g/mol. The van der Waals surface area contributed by atoms with E-state index in [1.807, 2.05) is 14.1 Å². The van der Waals surface area contributed by atoms with Gasteiger partial charge in [-0.3, -0.25) is 0 Å². The molecule has 224 valence electrons. The van der Waals surface area contributed by atoms with E-state index in [4.69, 9.17) is 9.47 Å². The predicted molar refractivity (Wildman–Crippen MR) is 158 cm³/mol. The normalized spacial score (nSPS) is 36.9. The van der Waals surface area contributed by atoms with E-state index in [-0.39, 0.29) is 18.1 Å². The number of carbonyl (C=O) groups is 1. The monoisotopic (exact) mass is 546 g/mol. The summed E-state index contributed by atoms with van der Waals surface area (Å²) >= 11 is 0. The van der Waals surface area contributed by atoms with Crippen molar-refractivity contribution in [2.45, 2.75) is 111 Å². The Morgan fingerprint density at radius 1 is 1.05 bits per heavy atom. The third kappa shape index (κ3) is 6.71. The zero-order valence-corrected chi connectivity index (χ0v) is 26.3. The first-order valence-corrected chi connectivity index (χ1v) is 16.4. The molecule has 5 nitrogen and oxygen atoms in total. The molecule has 4 aliphatic carbocycles. The number of allylic oxidation sites excluding steroid dienone is 1. The number of likely N-dealkylation sites (N-methyl/N-ethyl adjacent to an activating group) is 1. The molecule has 0 heterocycles. The molecule has 3 saturated carbocycles. The van der Waals surface area contributed by atoms with Gasteiger partial charge in [-0.2, -0.15) is 0 Å². The average molecular weight is 547 g/mol. The van der Waals surface area contributed by atoms with Crippen LogP contribution in [-0.2, 0) is 9.47 Å². The molecule has 39 heavy (non-hydrogen) atoms. The maximum atomic E-state index is 12.4. The first-order chi connectivity index (χ1) is 18.4. The van der Waals surface area contributed by atoms with Crippen molar-refractivity contribution in [3.8, 4) is 0 Å². The van der Waals surface area contributed by atoms with Crippen molar-refractivity contribution in [2.24, 2.45) is 46.3 Å². The van der Waals surface area contributed by atoms with Gasteiger partial charge in [-0.1, -0.05) is 65.5 Å². The predicted octanol–water partition coefficient (Wildman–Crippen LogP) is 7.62. The minimum atomic E-state index is -0.533. The molecule has 0 amide bonds. The Labute approximate surface area is 239 Å². The fourth-order valence-electron chi connectivity index (χ4n) is 9.68. The Hall–Kier alpha value is -1.07. The topological polar surface area (TPSA) is 55.8 Å². The third-order valence-electron chi connectivity index (χ3n) is 12.1. The van der Waals surface area contributed by atoms with Crippen LogP contribution in [0.3, 0.4) is 0 Å². The molecule has 1 N–H and O–H groups in total. The fourth-order valence-corrected chi connectivity index (χ4v) is 9.68. The molecule has 0 saturated heterocycles. The Morgan fingerprint density at radius 2 is 1.82 bits per heavy atom. The summed E-state index contributed by atoms with van der Waals surface area (Å²) in [5.74, 6) is 5.06. The Balaban J connectivity index is 1.33. The van der Waals surface area contributed by atoms with Crippen LogP contribution in [0.25, 0.3) is 0 Å². The second kappa shape index (κ2) is 12.4. The van der Waals surface area contributed by atoms with Crippen LogP contribution in [-0.4, -0.2) is 62.2 Å². The number of fused-ring (bicyclic) bond motifs is 5. The number of aliphatic hydroxyl groups excluding tert-OH is 1. The van der Waals surface area contributed by atoms with Crippen molar-refractivity contribution in [1.29, 1.82) is 0 Å². The van der Waals surface area contributed by atoms with Gasteiger partial charge in [-0.15, -0.1) is 0 Å². The molecule has 4 rings (SSSR count). The molecule has 0 aromatic carbocycles. The second-order valence-corrected chi connectivity index (χ2v) is 15.5. The van der Waals surface area contributed by atoms with E-state index in [2.05, 4.69) is 40.7 Å². The number of ether oxygens (including phenoxy) is 2. The molecule has 0 aromatic rings. The smallest absolute Gasteiger partial charge is 0.431 e. The summed E-state index contributed by atoms with van der Waals surface area (Å²) in [6, 6.07) is 0. The van der Waals surface area contributed by atoms with Crippen molar-refractivity contribution in [3.63, 3.8) is 0 Å². The number of hydrogen-bond donors (Lipinski definition) is 1. The standard InChI is InChI=1S/C34H60NO4/c1-24(2)9-8-10-25(3)29-13-14-30-28-12-11-26-23-27(39-32(37)38-22-20-35(6,7)19-21-36)15-17-33(26,4)31(28)16-18-34(29,30)5/h11,24-25,27-31,36H,8-10,12-23H2,1-7H3/q+1/t25-,27+,28+,29-,30+,31+,33+,34-/m1/s1. The molecule has 5 heteroatoms. The van der Waals surface area contributed by atoms with E-state index in [0.717, 1.165) is 54.8 Å². The summed E-state index contributed by atoms with van der Waals surface area (Å²) in [4.78, 5) is 12.4. The number of carbonyl (C=O) groups excluding carboxylic acids is 1. The van der Waals surface area contributed by atoms with Crippen molar-refractivity contribution in [1.82, 2.24) is 0 Å². The number of quaternary nitrogens is 1. The van der Waals surface area contributed by atoms with Crippen LogP contribution in [0.1, 0.15) is 105 Å². The number of rotatable bonds is 11. The highest BCUT2D eigenvalue weighted by Crippen LogP contribution is 2.67. The molecule has 0 bridgehead atoms. The minimum Gasteiger partial charge on any atom is -0.431 e. The summed E-state index contributed by atoms with van der Waals surface area (Å²) in [5, 5.41) is 9.20. The zero-order chi connectivity index (χ0) is 28.4. The SMILES string of the molecule is CC(C)CCC[C@@H](C)[C@H]1CC[C@H]2[C@@H]3CC=C4C[C@@H](OC(=O)OCC[N+](C)(C)CCO)CC[C@]4(C)[C@H]3CC[C@]12C. The quantitative estimate of drug-likeness (QED) is 0.165. The van der Waals surface area contributed by atoms with Crippen molar-refractivity contribution in [3.05, 3.63) is 11.6 Å². The van der Waals surface area contributed by atoms with Gasteiger partial charge in [-0.25, -0.2) is 4.79 Å². The van der Waals surface area contributed by atoms with Crippen LogP contribution >= 0.6 is 0 Å². The Bertz CT molecular complexity index is 867. The molecular formula is C34H60NO4+. The largest absolute Gasteiger partial charge is 0.508 e. The van der Waals surface area contributed by atoms with Gasteiger partial charge in [0.2, 0.25) is 0 Å². The van der Waals surface area contributed by atoms with Gasteiger partial charge in [0.05, 0.1) is 20.7 Å². The highest BCUT2D eigenvalue weighted by molar-refractivity contribution is 5.60. The zero-order valence-electron chi connectivity index (χ0n) is 26.3. The highest BCUT2D eigenvalue weighted by atomic mass is 16.7.